The Bertz CT molecular complexity index is 538. The molecule has 1 aromatic rings. The number of hydrogen-bond donors (Lipinski definition) is 1. The molecule has 0 unspecified atom stereocenters. The Balaban J connectivity index is 3.09. The zero-order valence-electron chi connectivity index (χ0n) is 11.1. The van der Waals surface area contributed by atoms with Crippen LogP contribution in [0, 0.1) is 0 Å². The largest absolute Gasteiger partial charge is 0.402 e. The van der Waals surface area contributed by atoms with Crippen molar-refractivity contribution in [3.05, 3.63) is 17.0 Å². The minimum Gasteiger partial charge on any atom is -0.330 e. The molecule has 116 valence electrons. The van der Waals surface area contributed by atoms with E-state index in [1.807, 2.05) is 0 Å². The molecule has 1 rings (SSSR count). The van der Waals surface area contributed by atoms with Gasteiger partial charge in [0.05, 0.1) is 0 Å². The van der Waals surface area contributed by atoms with Crippen LogP contribution in [-0.4, -0.2) is 38.0 Å². The molecule has 1 aromatic heterocycles. The summed E-state index contributed by atoms with van der Waals surface area (Å²) in [4.78, 5) is 0.738. The lowest BCUT2D eigenvalue weighted by atomic mass is 10.3. The number of rotatable bonds is 6. The Morgan fingerprint density at radius 2 is 1.95 bits per heavy atom. The summed E-state index contributed by atoms with van der Waals surface area (Å²) in [5, 5.41) is 0. The minimum atomic E-state index is -4.57. The van der Waals surface area contributed by atoms with E-state index in [1.165, 1.54) is 19.9 Å². The Kier molecular flexibility index (Phi) is 5.59. The molecule has 0 aliphatic carbocycles. The van der Waals surface area contributed by atoms with Crippen molar-refractivity contribution < 1.29 is 21.6 Å². The van der Waals surface area contributed by atoms with Gasteiger partial charge in [0.25, 0.3) is 10.0 Å². The summed E-state index contributed by atoms with van der Waals surface area (Å²) in [5.41, 5.74) is 5.37. The number of sulfonamides is 1. The number of alkyl halides is 3. The summed E-state index contributed by atoms with van der Waals surface area (Å²) in [6.45, 7) is 1.70. The van der Waals surface area contributed by atoms with Crippen molar-refractivity contribution in [3.8, 4) is 0 Å². The lowest BCUT2D eigenvalue weighted by molar-refractivity contribution is -0.138. The van der Waals surface area contributed by atoms with Crippen molar-refractivity contribution in [2.24, 2.45) is 5.73 Å². The third-order valence-corrected chi connectivity index (χ3v) is 6.14. The highest BCUT2D eigenvalue weighted by Gasteiger charge is 2.39. The van der Waals surface area contributed by atoms with Crippen LogP contribution in [0.4, 0.5) is 13.2 Å². The van der Waals surface area contributed by atoms with Gasteiger partial charge in [-0.25, -0.2) is 8.42 Å². The maximum absolute atomic E-state index is 12.5. The second-order valence-corrected chi connectivity index (χ2v) is 7.80. The molecule has 0 spiro atoms. The monoisotopic (exact) mass is 330 g/mol. The lowest BCUT2D eigenvalue weighted by Crippen LogP contribution is -2.42. The van der Waals surface area contributed by atoms with Gasteiger partial charge in [-0.15, -0.1) is 11.3 Å². The Morgan fingerprint density at radius 3 is 2.40 bits per heavy atom. The molecule has 0 saturated carbocycles. The SMILES string of the molecule is CC(C)N(CC(F)(F)F)S(=O)(=O)c1ccc(CCN)s1. The summed E-state index contributed by atoms with van der Waals surface area (Å²) < 4.78 is 62.5. The Morgan fingerprint density at radius 1 is 1.35 bits per heavy atom. The summed E-state index contributed by atoms with van der Waals surface area (Å²) in [6.07, 6.45) is -4.07. The van der Waals surface area contributed by atoms with Gasteiger partial charge >= 0.3 is 6.18 Å². The van der Waals surface area contributed by atoms with E-state index in [0.29, 0.717) is 17.3 Å². The van der Waals surface area contributed by atoms with Gasteiger partial charge in [0.15, 0.2) is 0 Å². The molecule has 0 atom stereocenters. The number of nitrogens with two attached hydrogens (primary N) is 1. The summed E-state index contributed by atoms with van der Waals surface area (Å²) in [7, 11) is -4.14. The number of thiophene rings is 1. The van der Waals surface area contributed by atoms with Crippen molar-refractivity contribution in [2.75, 3.05) is 13.1 Å². The second kappa shape index (κ2) is 6.42. The van der Waals surface area contributed by atoms with E-state index < -0.39 is 28.8 Å². The Hall–Kier alpha value is -0.640. The van der Waals surface area contributed by atoms with Crippen molar-refractivity contribution >= 4 is 21.4 Å². The van der Waals surface area contributed by atoms with Crippen LogP contribution in [0.3, 0.4) is 0 Å². The quantitative estimate of drug-likeness (QED) is 0.870. The molecule has 9 heteroatoms. The van der Waals surface area contributed by atoms with E-state index in [9.17, 15) is 21.6 Å². The van der Waals surface area contributed by atoms with E-state index in [0.717, 1.165) is 16.2 Å². The molecule has 0 aliphatic rings. The fraction of sp³-hybridized carbons (Fsp3) is 0.636. The molecule has 20 heavy (non-hydrogen) atoms. The first-order chi connectivity index (χ1) is 9.08. The van der Waals surface area contributed by atoms with Crippen LogP contribution in [0.25, 0.3) is 0 Å². The van der Waals surface area contributed by atoms with Crippen LogP contribution < -0.4 is 5.73 Å². The fourth-order valence-corrected chi connectivity index (χ4v) is 4.73. The van der Waals surface area contributed by atoms with Crippen LogP contribution >= 0.6 is 11.3 Å². The molecule has 0 bridgehead atoms. The highest BCUT2D eigenvalue weighted by atomic mass is 32.2. The molecule has 0 fully saturated rings. The minimum absolute atomic E-state index is 0.0844. The van der Waals surface area contributed by atoms with E-state index in [2.05, 4.69) is 0 Å². The summed E-state index contributed by atoms with van der Waals surface area (Å²) in [6, 6.07) is 2.13. The predicted octanol–water partition coefficient (Wildman–Crippen LogP) is 2.21. The lowest BCUT2D eigenvalue weighted by Gasteiger charge is -2.26. The zero-order valence-corrected chi connectivity index (χ0v) is 12.8. The molecule has 4 nitrogen and oxygen atoms in total. The maximum Gasteiger partial charge on any atom is 0.402 e. The van der Waals surface area contributed by atoms with Crippen molar-refractivity contribution in [1.29, 1.82) is 0 Å². The highest BCUT2D eigenvalue weighted by molar-refractivity contribution is 7.91. The van der Waals surface area contributed by atoms with Gasteiger partial charge in [0.1, 0.15) is 10.8 Å². The number of nitrogens with zero attached hydrogens (tertiary/aromatic N) is 1. The predicted molar refractivity (Wildman–Crippen MR) is 72.2 cm³/mol. The average molecular weight is 330 g/mol. The first kappa shape index (κ1) is 17.4. The van der Waals surface area contributed by atoms with Crippen LogP contribution in [-0.2, 0) is 16.4 Å². The molecule has 0 aliphatic heterocycles. The molecule has 2 N–H and O–H groups in total. The van der Waals surface area contributed by atoms with E-state index >= 15 is 0 Å². The zero-order chi connectivity index (χ0) is 15.6. The molecule has 0 radical (unpaired) electrons. The van der Waals surface area contributed by atoms with Crippen LogP contribution in [0.1, 0.15) is 18.7 Å². The van der Waals surface area contributed by atoms with Crippen LogP contribution in [0.5, 0.6) is 0 Å². The third-order valence-electron chi connectivity index (χ3n) is 2.50. The average Bonchev–Trinajstić information content (AvgIpc) is 2.74. The highest BCUT2D eigenvalue weighted by Crippen LogP contribution is 2.29. The van der Waals surface area contributed by atoms with Crippen molar-refractivity contribution in [2.45, 2.75) is 36.7 Å². The van der Waals surface area contributed by atoms with E-state index in [4.69, 9.17) is 5.73 Å². The fourth-order valence-electron chi connectivity index (χ4n) is 1.61. The number of halogens is 3. The van der Waals surface area contributed by atoms with E-state index in [-0.39, 0.29) is 4.21 Å². The van der Waals surface area contributed by atoms with Gasteiger partial charge in [-0.2, -0.15) is 17.5 Å². The van der Waals surface area contributed by atoms with Gasteiger partial charge < -0.3 is 5.73 Å². The smallest absolute Gasteiger partial charge is 0.330 e. The Labute approximate surface area is 120 Å². The maximum atomic E-state index is 12.5. The summed E-state index contributed by atoms with van der Waals surface area (Å²) in [5.74, 6) is 0. The van der Waals surface area contributed by atoms with Gasteiger partial charge in [0, 0.05) is 10.9 Å². The van der Waals surface area contributed by atoms with Crippen molar-refractivity contribution in [3.63, 3.8) is 0 Å². The molecule has 1 heterocycles. The van der Waals surface area contributed by atoms with Gasteiger partial charge in [0.2, 0.25) is 0 Å². The molecule has 0 aromatic carbocycles. The first-order valence-electron chi connectivity index (χ1n) is 5.95. The molecular formula is C11H17F3N2O2S2. The van der Waals surface area contributed by atoms with Crippen LogP contribution in [0.2, 0.25) is 0 Å². The van der Waals surface area contributed by atoms with Crippen molar-refractivity contribution in [1.82, 2.24) is 4.31 Å². The topological polar surface area (TPSA) is 63.4 Å². The molecule has 0 saturated heterocycles. The first-order valence-corrected chi connectivity index (χ1v) is 8.21. The second-order valence-electron chi connectivity index (χ2n) is 4.52. The molecule has 0 amide bonds. The standard InChI is InChI=1S/C11H17F3N2O2S2/c1-8(2)16(7-11(12,13)14)20(17,18)10-4-3-9(19-10)5-6-15/h3-4,8H,5-7,15H2,1-2H3. The van der Waals surface area contributed by atoms with Gasteiger partial charge in [-0.3, -0.25) is 0 Å². The normalized spacial score (nSPS) is 13.4. The van der Waals surface area contributed by atoms with E-state index in [1.54, 1.807) is 6.07 Å². The summed E-state index contributed by atoms with van der Waals surface area (Å²) >= 11 is 0.959. The molecular weight excluding hydrogens is 313 g/mol. The van der Waals surface area contributed by atoms with Crippen LogP contribution in [0.15, 0.2) is 16.3 Å². The number of hydrogen-bond acceptors (Lipinski definition) is 4. The van der Waals surface area contributed by atoms with Gasteiger partial charge in [-0.1, -0.05) is 0 Å². The third kappa shape index (κ3) is 4.44. The van der Waals surface area contributed by atoms with Gasteiger partial charge in [-0.05, 0) is 38.9 Å².